The molecule has 1 heterocycles. The molecule has 0 bridgehead atoms. The van der Waals surface area contributed by atoms with E-state index >= 15 is 0 Å². The highest BCUT2D eigenvalue weighted by atomic mass is 32.1. The quantitative estimate of drug-likeness (QED) is 0.427. The molecule has 0 spiro atoms. The molecule has 0 radical (unpaired) electrons. The minimum Gasteiger partial charge on any atom is -0.446 e. The molecule has 1 aromatic heterocycles. The summed E-state index contributed by atoms with van der Waals surface area (Å²) >= 11 is 1.47. The molecule has 76 valence electrons. The Bertz CT molecular complexity index is 307. The zero-order chi connectivity index (χ0) is 10.4. The number of carbonyl (C=O) groups is 1. The van der Waals surface area contributed by atoms with Gasteiger partial charge in [0.05, 0.1) is 0 Å². The van der Waals surface area contributed by atoms with E-state index in [-0.39, 0.29) is 5.97 Å². The Balaban J connectivity index is 2.34. The smallest absolute Gasteiger partial charge is 0.332 e. The average Bonchev–Trinajstić information content (AvgIpc) is 2.63. The van der Waals surface area contributed by atoms with Crippen LogP contribution in [0.1, 0.15) is 5.01 Å². The van der Waals surface area contributed by atoms with Crippen LogP contribution < -0.4 is 0 Å². The highest BCUT2D eigenvalue weighted by Gasteiger charge is 1.97. The van der Waals surface area contributed by atoms with Crippen LogP contribution in [0.5, 0.6) is 0 Å². The van der Waals surface area contributed by atoms with E-state index in [2.05, 4.69) is 4.98 Å². The lowest BCUT2D eigenvalue weighted by atomic mass is 10.5. The third-order valence-electron chi connectivity index (χ3n) is 1.28. The molecule has 0 saturated carbocycles. The van der Waals surface area contributed by atoms with E-state index in [9.17, 15) is 4.79 Å². The summed E-state index contributed by atoms with van der Waals surface area (Å²) in [6, 6.07) is 0. The highest BCUT2D eigenvalue weighted by molar-refractivity contribution is 7.10. The van der Waals surface area contributed by atoms with Gasteiger partial charge in [0.25, 0.3) is 0 Å². The average molecular weight is 212 g/mol. The maximum Gasteiger partial charge on any atom is 0.332 e. The van der Waals surface area contributed by atoms with Crippen LogP contribution in [-0.2, 0) is 9.53 Å². The summed E-state index contributed by atoms with van der Waals surface area (Å²) in [4.78, 5) is 16.9. The Morgan fingerprint density at radius 1 is 1.71 bits per heavy atom. The second-order valence-electron chi connectivity index (χ2n) is 2.88. The number of ether oxygens (including phenoxy) is 1. The molecule has 0 aromatic carbocycles. The zero-order valence-electron chi connectivity index (χ0n) is 8.14. The Hall–Kier alpha value is -1.20. The largest absolute Gasteiger partial charge is 0.446 e. The van der Waals surface area contributed by atoms with Gasteiger partial charge in [-0.25, -0.2) is 9.78 Å². The van der Waals surface area contributed by atoms with Crippen LogP contribution in [0.25, 0.3) is 6.08 Å². The van der Waals surface area contributed by atoms with Gasteiger partial charge >= 0.3 is 5.97 Å². The van der Waals surface area contributed by atoms with Crippen molar-refractivity contribution in [3.05, 3.63) is 22.7 Å². The van der Waals surface area contributed by atoms with E-state index in [1.54, 1.807) is 17.2 Å². The molecule has 0 atom stereocenters. The molecule has 0 saturated heterocycles. The van der Waals surface area contributed by atoms with E-state index in [1.807, 2.05) is 19.5 Å². The Labute approximate surface area is 86.8 Å². The number of aromatic nitrogens is 1. The Morgan fingerprint density at radius 2 is 2.50 bits per heavy atom. The third kappa shape index (κ3) is 4.15. The molecule has 0 N–H and O–H groups in total. The van der Waals surface area contributed by atoms with Gasteiger partial charge in [0.1, 0.15) is 11.7 Å². The number of thiazole rings is 1. The number of hydrogen-bond acceptors (Lipinski definition) is 5. The first kappa shape index (κ1) is 10.9. The van der Waals surface area contributed by atoms with Gasteiger partial charge in [-0.2, -0.15) is 0 Å². The van der Waals surface area contributed by atoms with Crippen molar-refractivity contribution in [3.8, 4) is 0 Å². The molecule has 1 rings (SSSR count). The first-order valence-corrected chi connectivity index (χ1v) is 4.95. The van der Waals surface area contributed by atoms with E-state index in [1.165, 1.54) is 17.4 Å². The first-order valence-electron chi connectivity index (χ1n) is 4.07. The van der Waals surface area contributed by atoms with Gasteiger partial charge in [-0.1, -0.05) is 0 Å². The molecule has 0 aliphatic carbocycles. The molecule has 0 unspecified atom stereocenters. The summed E-state index contributed by atoms with van der Waals surface area (Å²) in [7, 11) is 3.66. The maximum absolute atomic E-state index is 11.1. The van der Waals surface area contributed by atoms with Gasteiger partial charge in [-0.15, -0.1) is 11.3 Å². The number of esters is 1. The summed E-state index contributed by atoms with van der Waals surface area (Å²) in [5.41, 5.74) is 0. The normalized spacial score (nSPS) is 11.1. The topological polar surface area (TPSA) is 42.4 Å². The van der Waals surface area contributed by atoms with Gasteiger partial charge in [0.15, 0.2) is 0 Å². The minimum atomic E-state index is -0.353. The van der Waals surface area contributed by atoms with Gasteiger partial charge in [0.2, 0.25) is 0 Å². The molecule has 0 fully saturated rings. The number of rotatable bonds is 4. The van der Waals surface area contributed by atoms with Crippen LogP contribution in [0.3, 0.4) is 0 Å². The monoisotopic (exact) mass is 212 g/mol. The Kier molecular flexibility index (Phi) is 4.28. The number of nitrogens with zero attached hydrogens (tertiary/aromatic N) is 2. The SMILES string of the molecule is CN(C)COC(=O)/C=C/c1nccs1. The van der Waals surface area contributed by atoms with Crippen LogP contribution in [0.4, 0.5) is 0 Å². The lowest BCUT2D eigenvalue weighted by Crippen LogP contribution is -2.18. The molecule has 0 amide bonds. The molecule has 0 aliphatic heterocycles. The zero-order valence-corrected chi connectivity index (χ0v) is 8.95. The predicted octanol–water partition coefficient (Wildman–Crippen LogP) is 1.22. The minimum absolute atomic E-state index is 0.293. The van der Waals surface area contributed by atoms with Crippen LogP contribution >= 0.6 is 11.3 Å². The van der Waals surface area contributed by atoms with Crippen LogP contribution in [0.2, 0.25) is 0 Å². The Morgan fingerprint density at radius 3 is 3.07 bits per heavy atom. The van der Waals surface area contributed by atoms with Gasteiger partial charge in [-0.3, -0.25) is 4.90 Å². The fourth-order valence-corrected chi connectivity index (χ4v) is 1.23. The summed E-state index contributed by atoms with van der Waals surface area (Å²) < 4.78 is 4.88. The highest BCUT2D eigenvalue weighted by Crippen LogP contribution is 2.05. The number of carbonyl (C=O) groups excluding carboxylic acids is 1. The fourth-order valence-electron chi connectivity index (χ4n) is 0.697. The first-order chi connectivity index (χ1) is 6.68. The molecule has 1 aromatic rings. The van der Waals surface area contributed by atoms with Crippen LogP contribution in [0, 0.1) is 0 Å². The molecule has 0 aliphatic rings. The van der Waals surface area contributed by atoms with Crippen molar-refractivity contribution in [2.75, 3.05) is 20.8 Å². The van der Waals surface area contributed by atoms with Crippen molar-refractivity contribution in [1.82, 2.24) is 9.88 Å². The summed E-state index contributed by atoms with van der Waals surface area (Å²) in [6.45, 7) is 0.293. The summed E-state index contributed by atoms with van der Waals surface area (Å²) in [5.74, 6) is -0.353. The van der Waals surface area contributed by atoms with Gasteiger partial charge in [0, 0.05) is 17.7 Å². The van der Waals surface area contributed by atoms with Crippen molar-refractivity contribution in [2.24, 2.45) is 0 Å². The van der Waals surface area contributed by atoms with Crippen LogP contribution in [-0.4, -0.2) is 36.7 Å². The van der Waals surface area contributed by atoms with Crippen molar-refractivity contribution in [3.63, 3.8) is 0 Å². The van der Waals surface area contributed by atoms with Crippen LogP contribution in [0.15, 0.2) is 17.7 Å². The molecule has 4 nitrogen and oxygen atoms in total. The second kappa shape index (κ2) is 5.51. The standard InChI is InChI=1S/C9H12N2O2S/c1-11(2)7-13-9(12)4-3-8-10-5-6-14-8/h3-6H,7H2,1-2H3/b4-3+. The van der Waals surface area contributed by atoms with Crippen molar-refractivity contribution < 1.29 is 9.53 Å². The van der Waals surface area contributed by atoms with E-state index in [4.69, 9.17) is 4.74 Å². The molecule has 5 heteroatoms. The van der Waals surface area contributed by atoms with E-state index in [0.29, 0.717) is 6.73 Å². The maximum atomic E-state index is 11.1. The van der Waals surface area contributed by atoms with E-state index < -0.39 is 0 Å². The third-order valence-corrected chi connectivity index (χ3v) is 2.02. The predicted molar refractivity (Wildman–Crippen MR) is 55.8 cm³/mol. The fraction of sp³-hybridized carbons (Fsp3) is 0.333. The van der Waals surface area contributed by atoms with Crippen molar-refractivity contribution in [1.29, 1.82) is 0 Å². The van der Waals surface area contributed by atoms with Crippen molar-refractivity contribution in [2.45, 2.75) is 0 Å². The number of hydrogen-bond donors (Lipinski definition) is 0. The lowest BCUT2D eigenvalue weighted by Gasteiger charge is -2.07. The second-order valence-corrected chi connectivity index (χ2v) is 3.80. The lowest BCUT2D eigenvalue weighted by molar-refractivity contribution is -0.141. The summed E-state index contributed by atoms with van der Waals surface area (Å²) in [6.07, 6.45) is 4.71. The summed E-state index contributed by atoms with van der Waals surface area (Å²) in [5, 5.41) is 2.65. The molecular weight excluding hydrogens is 200 g/mol. The van der Waals surface area contributed by atoms with Crippen molar-refractivity contribution >= 4 is 23.4 Å². The van der Waals surface area contributed by atoms with Gasteiger partial charge in [-0.05, 0) is 20.2 Å². The van der Waals surface area contributed by atoms with Gasteiger partial charge < -0.3 is 4.74 Å². The molecular formula is C9H12N2O2S. The van der Waals surface area contributed by atoms with E-state index in [0.717, 1.165) is 5.01 Å². The molecule has 14 heavy (non-hydrogen) atoms.